The van der Waals surface area contributed by atoms with Gasteiger partial charge in [0, 0.05) is 39.8 Å². The minimum atomic E-state index is -0.293. The van der Waals surface area contributed by atoms with E-state index in [0.29, 0.717) is 0 Å². The molecule has 0 bridgehead atoms. The van der Waals surface area contributed by atoms with Crippen molar-refractivity contribution in [3.05, 3.63) is 192 Å². The van der Waals surface area contributed by atoms with Crippen molar-refractivity contribution in [2.75, 3.05) is 0 Å². The Morgan fingerprint density at radius 3 is 2.12 bits per heavy atom. The monoisotopic (exact) mass is 655 g/mol. The number of nitrogens with zero attached hydrogens (tertiary/aromatic N) is 2. The summed E-state index contributed by atoms with van der Waals surface area (Å²) < 4.78 is 2.47. The van der Waals surface area contributed by atoms with Gasteiger partial charge < -0.3 is 10.3 Å². The third-order valence-electron chi connectivity index (χ3n) is 11.0. The maximum absolute atomic E-state index is 7.31. The van der Waals surface area contributed by atoms with Gasteiger partial charge in [-0.1, -0.05) is 158 Å². The lowest BCUT2D eigenvalue weighted by molar-refractivity contribution is 0.126. The molecule has 10 rings (SSSR count). The van der Waals surface area contributed by atoms with E-state index in [-0.39, 0.29) is 12.2 Å². The molecule has 244 valence electrons. The van der Waals surface area contributed by atoms with E-state index in [1.165, 1.54) is 70.8 Å². The first-order chi connectivity index (χ1) is 25.2. The average Bonchev–Trinajstić information content (AvgIpc) is 3.55. The molecular weight excluding hydrogens is 619 g/mol. The van der Waals surface area contributed by atoms with Crippen LogP contribution in [-0.4, -0.2) is 9.47 Å². The summed E-state index contributed by atoms with van der Waals surface area (Å²) in [6, 6.07) is 59.7. The van der Waals surface area contributed by atoms with Gasteiger partial charge in [-0.15, -0.1) is 0 Å². The van der Waals surface area contributed by atoms with Crippen molar-refractivity contribution in [3.63, 3.8) is 0 Å². The molecule has 0 saturated heterocycles. The summed E-state index contributed by atoms with van der Waals surface area (Å²) in [5, 5.41) is 10.2. The summed E-state index contributed by atoms with van der Waals surface area (Å²) in [5.41, 5.74) is 15.8. The normalized spacial score (nSPS) is 15.0. The van der Waals surface area contributed by atoms with Crippen LogP contribution in [0.3, 0.4) is 0 Å². The lowest BCUT2D eigenvalue weighted by Gasteiger charge is -2.38. The van der Waals surface area contributed by atoms with Crippen molar-refractivity contribution < 1.29 is 0 Å². The highest BCUT2D eigenvalue weighted by Crippen LogP contribution is 2.45. The standard InChI is InChI=1S/C48H37N3/c49-48(50(31-32-13-2-1-3-14-32)43-24-12-17-33-15-4-6-18-37(33)43)35-25-28-36(29-26-35)51-44-23-11-10-22-42(44)46-45-38-19-7-5-16-34(38)27-30-40(45)39-20-8-9-21-41(39)47(46)51/h1-23,25-30,43,48H,24,31,49H2. The summed E-state index contributed by atoms with van der Waals surface area (Å²) in [7, 11) is 0. The van der Waals surface area contributed by atoms with Crippen LogP contribution in [0.25, 0.3) is 65.9 Å². The zero-order chi connectivity index (χ0) is 33.9. The van der Waals surface area contributed by atoms with Gasteiger partial charge in [0.2, 0.25) is 0 Å². The van der Waals surface area contributed by atoms with Gasteiger partial charge in [0.15, 0.2) is 0 Å². The van der Waals surface area contributed by atoms with Crippen LogP contribution < -0.4 is 5.73 Å². The predicted molar refractivity (Wildman–Crippen MR) is 215 cm³/mol. The molecule has 0 amide bonds. The molecule has 3 heteroatoms. The Bertz CT molecular complexity index is 2770. The number of para-hydroxylation sites is 1. The Kier molecular flexibility index (Phi) is 7.09. The van der Waals surface area contributed by atoms with Crippen LogP contribution in [0.1, 0.15) is 40.9 Å². The summed E-state index contributed by atoms with van der Waals surface area (Å²) >= 11 is 0. The molecule has 2 atom stereocenters. The number of fused-ring (bicyclic) bond motifs is 11. The van der Waals surface area contributed by atoms with E-state index in [1.807, 2.05) is 0 Å². The topological polar surface area (TPSA) is 34.2 Å². The first-order valence-electron chi connectivity index (χ1n) is 17.9. The largest absolute Gasteiger partial charge is 0.312 e. The predicted octanol–water partition coefficient (Wildman–Crippen LogP) is 11.9. The Hall–Kier alpha value is -6.00. The van der Waals surface area contributed by atoms with Crippen LogP contribution in [-0.2, 0) is 6.54 Å². The third kappa shape index (κ3) is 4.81. The van der Waals surface area contributed by atoms with Gasteiger partial charge in [-0.2, -0.15) is 0 Å². The highest BCUT2D eigenvalue weighted by molar-refractivity contribution is 6.36. The van der Waals surface area contributed by atoms with Crippen LogP contribution in [0, 0.1) is 0 Å². The van der Waals surface area contributed by atoms with Crippen molar-refractivity contribution >= 4 is 60.2 Å². The van der Waals surface area contributed by atoms with E-state index < -0.39 is 0 Å². The Balaban J connectivity index is 1.15. The van der Waals surface area contributed by atoms with E-state index in [9.17, 15) is 0 Å². The molecule has 2 N–H and O–H groups in total. The van der Waals surface area contributed by atoms with Gasteiger partial charge in [-0.25, -0.2) is 0 Å². The van der Waals surface area contributed by atoms with E-state index in [4.69, 9.17) is 5.73 Å². The number of nitrogens with two attached hydrogens (primary N) is 1. The van der Waals surface area contributed by atoms with Crippen molar-refractivity contribution in [1.29, 1.82) is 0 Å². The van der Waals surface area contributed by atoms with Crippen LogP contribution in [0.2, 0.25) is 0 Å². The van der Waals surface area contributed by atoms with Crippen LogP contribution in [0.5, 0.6) is 0 Å². The quantitative estimate of drug-likeness (QED) is 0.143. The van der Waals surface area contributed by atoms with Gasteiger partial charge in [0.1, 0.15) is 0 Å². The zero-order valence-corrected chi connectivity index (χ0v) is 28.3. The lowest BCUT2D eigenvalue weighted by atomic mass is 9.90. The number of rotatable bonds is 6. The fourth-order valence-electron chi connectivity index (χ4n) is 8.65. The minimum Gasteiger partial charge on any atom is -0.312 e. The third-order valence-corrected chi connectivity index (χ3v) is 11.0. The van der Waals surface area contributed by atoms with Gasteiger partial charge >= 0.3 is 0 Å². The lowest BCUT2D eigenvalue weighted by Crippen LogP contribution is -2.38. The molecule has 0 saturated carbocycles. The number of aromatic nitrogens is 1. The van der Waals surface area contributed by atoms with Crippen LogP contribution >= 0.6 is 0 Å². The van der Waals surface area contributed by atoms with Gasteiger partial charge in [-0.05, 0) is 68.4 Å². The van der Waals surface area contributed by atoms with E-state index in [2.05, 4.69) is 185 Å². The Morgan fingerprint density at radius 2 is 1.27 bits per heavy atom. The fraction of sp³-hybridized carbons (Fsp3) is 0.0833. The first-order valence-corrected chi connectivity index (χ1v) is 17.9. The molecule has 2 unspecified atom stereocenters. The molecule has 1 heterocycles. The van der Waals surface area contributed by atoms with Crippen LogP contribution in [0.4, 0.5) is 0 Å². The molecule has 1 aliphatic rings. The summed E-state index contributed by atoms with van der Waals surface area (Å²) in [6.45, 7) is 0.760. The molecule has 3 nitrogen and oxygen atoms in total. The molecular formula is C48H37N3. The number of benzene rings is 8. The smallest absolute Gasteiger partial charge is 0.0843 e. The molecule has 0 aliphatic heterocycles. The summed E-state index contributed by atoms with van der Waals surface area (Å²) in [6.07, 6.45) is 5.17. The van der Waals surface area contributed by atoms with Gasteiger partial charge in [-0.3, -0.25) is 4.90 Å². The van der Waals surface area contributed by atoms with Gasteiger partial charge in [0.25, 0.3) is 0 Å². The highest BCUT2D eigenvalue weighted by atomic mass is 15.2. The maximum atomic E-state index is 7.31. The van der Waals surface area contributed by atoms with Crippen molar-refractivity contribution in [2.24, 2.45) is 5.73 Å². The second-order valence-electron chi connectivity index (χ2n) is 13.8. The molecule has 9 aromatic rings. The Morgan fingerprint density at radius 1 is 0.588 bits per heavy atom. The van der Waals surface area contributed by atoms with E-state index >= 15 is 0 Å². The zero-order valence-electron chi connectivity index (χ0n) is 28.3. The molecule has 0 fully saturated rings. The molecule has 0 spiro atoms. The summed E-state index contributed by atoms with van der Waals surface area (Å²) in [5.74, 6) is 0. The van der Waals surface area contributed by atoms with Crippen LogP contribution in [0.15, 0.2) is 170 Å². The van der Waals surface area contributed by atoms with Crippen molar-refractivity contribution in [1.82, 2.24) is 9.47 Å². The average molecular weight is 656 g/mol. The molecule has 51 heavy (non-hydrogen) atoms. The van der Waals surface area contributed by atoms with Crippen molar-refractivity contribution in [3.8, 4) is 5.69 Å². The number of hydrogen-bond donors (Lipinski definition) is 1. The number of hydrogen-bond acceptors (Lipinski definition) is 2. The van der Waals surface area contributed by atoms with Gasteiger partial charge in [0.05, 0.1) is 17.2 Å². The molecule has 8 aromatic carbocycles. The second kappa shape index (κ2) is 12.1. The molecule has 1 aliphatic carbocycles. The fourth-order valence-corrected chi connectivity index (χ4v) is 8.65. The molecule has 1 aromatic heterocycles. The SMILES string of the molecule is NC(c1ccc(-n2c3ccccc3c3c4c5ccccc5ccc4c4ccccc4c32)cc1)N(Cc1ccccc1)C1CC=Cc2ccccc21. The minimum absolute atomic E-state index is 0.174. The maximum Gasteiger partial charge on any atom is 0.0843 e. The van der Waals surface area contributed by atoms with E-state index in [0.717, 1.165) is 24.2 Å². The second-order valence-corrected chi connectivity index (χ2v) is 13.8. The van der Waals surface area contributed by atoms with E-state index in [1.54, 1.807) is 0 Å². The Labute approximate surface area is 297 Å². The summed E-state index contributed by atoms with van der Waals surface area (Å²) in [4.78, 5) is 2.47. The highest BCUT2D eigenvalue weighted by Gasteiger charge is 2.29. The first kappa shape index (κ1) is 29.9. The van der Waals surface area contributed by atoms with Crippen molar-refractivity contribution in [2.45, 2.75) is 25.2 Å². The molecule has 0 radical (unpaired) electrons.